The summed E-state index contributed by atoms with van der Waals surface area (Å²) in [6.45, 7) is 3.42. The molecule has 0 saturated heterocycles. The van der Waals surface area contributed by atoms with Crippen molar-refractivity contribution in [1.29, 1.82) is 0 Å². The number of carbonyl (C=O) groups is 1. The van der Waals surface area contributed by atoms with Gasteiger partial charge in [0.05, 0.1) is 24.1 Å². The maximum Gasteiger partial charge on any atom is 0.266 e. The van der Waals surface area contributed by atoms with Crippen molar-refractivity contribution in [3.05, 3.63) is 65.2 Å². The van der Waals surface area contributed by atoms with Crippen molar-refractivity contribution in [3.8, 4) is 28.6 Å². The Bertz CT molecular complexity index is 1140. The van der Waals surface area contributed by atoms with Crippen LogP contribution < -0.4 is 19.1 Å². The van der Waals surface area contributed by atoms with Crippen LogP contribution in [0.3, 0.4) is 0 Å². The lowest BCUT2D eigenvalue weighted by Crippen LogP contribution is -2.39. The standard InChI is InChI=1S/C24H23ClN2O5/c1-24(2,29)13-31-20-11-8-17(12-21(20)30-3)27-14-32-22-18(23(27)28)9-10-19(26-22)15-4-6-16(25)7-5-15/h4-12,29H,13-14H2,1-3H3. The van der Waals surface area contributed by atoms with Gasteiger partial charge in [0.1, 0.15) is 12.2 Å². The molecule has 2 heterocycles. The van der Waals surface area contributed by atoms with Crippen molar-refractivity contribution in [2.45, 2.75) is 19.4 Å². The summed E-state index contributed by atoms with van der Waals surface area (Å²) in [5, 5.41) is 10.5. The third-order valence-corrected chi connectivity index (χ3v) is 5.10. The molecule has 0 fully saturated rings. The van der Waals surface area contributed by atoms with E-state index in [1.807, 2.05) is 12.1 Å². The van der Waals surface area contributed by atoms with Crippen LogP contribution in [-0.4, -0.2) is 42.0 Å². The predicted molar refractivity (Wildman–Crippen MR) is 122 cm³/mol. The van der Waals surface area contributed by atoms with Crippen molar-refractivity contribution in [3.63, 3.8) is 0 Å². The molecule has 2 aromatic carbocycles. The monoisotopic (exact) mass is 454 g/mol. The molecule has 0 radical (unpaired) electrons. The van der Waals surface area contributed by atoms with Crippen LogP contribution in [0.1, 0.15) is 24.2 Å². The van der Waals surface area contributed by atoms with E-state index in [2.05, 4.69) is 4.98 Å². The summed E-state index contributed by atoms with van der Waals surface area (Å²) in [5.41, 5.74) is 1.55. The SMILES string of the molecule is COc1cc(N2COc3nc(-c4ccc(Cl)cc4)ccc3C2=O)ccc1OCC(C)(C)O. The second kappa shape index (κ2) is 8.68. The van der Waals surface area contributed by atoms with Crippen LogP contribution in [0.15, 0.2) is 54.6 Å². The van der Waals surface area contributed by atoms with E-state index in [-0.39, 0.29) is 25.1 Å². The first-order valence-electron chi connectivity index (χ1n) is 10.00. The normalized spacial score (nSPS) is 13.4. The Balaban J connectivity index is 1.57. The van der Waals surface area contributed by atoms with Gasteiger partial charge in [-0.2, -0.15) is 0 Å². The summed E-state index contributed by atoms with van der Waals surface area (Å²) >= 11 is 5.95. The van der Waals surface area contributed by atoms with Gasteiger partial charge in [0.25, 0.3) is 5.91 Å². The van der Waals surface area contributed by atoms with Gasteiger partial charge in [-0.25, -0.2) is 4.98 Å². The number of carbonyl (C=O) groups excluding carboxylic acids is 1. The first-order valence-corrected chi connectivity index (χ1v) is 10.4. The average molecular weight is 455 g/mol. The summed E-state index contributed by atoms with van der Waals surface area (Å²) in [6, 6.07) is 15.9. The van der Waals surface area contributed by atoms with Gasteiger partial charge in [-0.1, -0.05) is 23.7 Å². The molecule has 0 saturated carbocycles. The van der Waals surface area contributed by atoms with Gasteiger partial charge in [-0.3, -0.25) is 9.69 Å². The Morgan fingerprint density at radius 3 is 2.56 bits per heavy atom. The van der Waals surface area contributed by atoms with E-state index in [0.29, 0.717) is 33.5 Å². The maximum atomic E-state index is 13.1. The van der Waals surface area contributed by atoms with Crippen LogP contribution in [-0.2, 0) is 0 Å². The summed E-state index contributed by atoms with van der Waals surface area (Å²) in [6.07, 6.45) is 0. The fourth-order valence-corrected chi connectivity index (χ4v) is 3.34. The van der Waals surface area contributed by atoms with Crippen LogP contribution in [0.2, 0.25) is 5.02 Å². The predicted octanol–water partition coefficient (Wildman–Crippen LogP) is 4.56. The number of hydrogen-bond donors (Lipinski definition) is 1. The Morgan fingerprint density at radius 2 is 1.88 bits per heavy atom. The lowest BCUT2D eigenvalue weighted by molar-refractivity contribution is 0.0276. The van der Waals surface area contributed by atoms with E-state index in [1.54, 1.807) is 56.3 Å². The van der Waals surface area contributed by atoms with E-state index < -0.39 is 5.60 Å². The molecule has 1 aromatic heterocycles. The van der Waals surface area contributed by atoms with Crippen LogP contribution >= 0.6 is 11.6 Å². The van der Waals surface area contributed by atoms with Gasteiger partial charge in [0.2, 0.25) is 5.88 Å². The fraction of sp³-hybridized carbons (Fsp3) is 0.250. The van der Waals surface area contributed by atoms with Gasteiger partial charge < -0.3 is 19.3 Å². The molecule has 0 atom stereocenters. The van der Waals surface area contributed by atoms with E-state index in [9.17, 15) is 9.90 Å². The average Bonchev–Trinajstić information content (AvgIpc) is 2.77. The number of rotatable bonds is 6. The molecule has 3 aromatic rings. The van der Waals surface area contributed by atoms with E-state index >= 15 is 0 Å². The number of aliphatic hydroxyl groups is 1. The number of methoxy groups -OCH3 is 1. The molecule has 0 aliphatic carbocycles. The van der Waals surface area contributed by atoms with Crippen LogP contribution in [0.5, 0.6) is 17.4 Å². The highest BCUT2D eigenvalue weighted by Gasteiger charge is 2.29. The molecule has 0 spiro atoms. The van der Waals surface area contributed by atoms with Gasteiger partial charge >= 0.3 is 0 Å². The molecule has 1 aliphatic heterocycles. The number of aromatic nitrogens is 1. The van der Waals surface area contributed by atoms with Crippen LogP contribution in [0.25, 0.3) is 11.3 Å². The van der Waals surface area contributed by atoms with Crippen LogP contribution in [0, 0.1) is 0 Å². The lowest BCUT2D eigenvalue weighted by atomic mass is 10.1. The van der Waals surface area contributed by atoms with Crippen molar-refractivity contribution in [2.24, 2.45) is 0 Å². The highest BCUT2D eigenvalue weighted by molar-refractivity contribution is 6.30. The van der Waals surface area contributed by atoms with E-state index in [0.717, 1.165) is 5.56 Å². The number of pyridine rings is 1. The Morgan fingerprint density at radius 1 is 1.12 bits per heavy atom. The molecular weight excluding hydrogens is 432 g/mol. The third kappa shape index (κ3) is 4.64. The van der Waals surface area contributed by atoms with Crippen molar-refractivity contribution in [2.75, 3.05) is 25.3 Å². The third-order valence-electron chi connectivity index (χ3n) is 4.85. The molecule has 0 bridgehead atoms. The number of fused-ring (bicyclic) bond motifs is 1. The van der Waals surface area contributed by atoms with E-state index in [1.165, 1.54) is 12.0 Å². The van der Waals surface area contributed by atoms with Crippen LogP contribution in [0.4, 0.5) is 5.69 Å². The minimum atomic E-state index is -0.984. The van der Waals surface area contributed by atoms with Gasteiger partial charge in [0, 0.05) is 16.7 Å². The fourth-order valence-electron chi connectivity index (χ4n) is 3.21. The zero-order chi connectivity index (χ0) is 22.9. The number of ether oxygens (including phenoxy) is 3. The molecular formula is C24H23ClN2O5. The highest BCUT2D eigenvalue weighted by Crippen LogP contribution is 2.35. The van der Waals surface area contributed by atoms with Gasteiger partial charge in [-0.05, 0) is 50.2 Å². The molecule has 1 amide bonds. The topological polar surface area (TPSA) is 81.1 Å². The molecule has 1 aliphatic rings. The van der Waals surface area contributed by atoms with Gasteiger partial charge in [0.15, 0.2) is 18.2 Å². The Kier molecular flexibility index (Phi) is 5.95. The number of benzene rings is 2. The number of nitrogens with zero attached hydrogens (tertiary/aromatic N) is 2. The molecule has 32 heavy (non-hydrogen) atoms. The molecule has 0 unspecified atom stereocenters. The zero-order valence-electron chi connectivity index (χ0n) is 18.0. The minimum Gasteiger partial charge on any atom is -0.493 e. The Labute approximate surface area is 191 Å². The van der Waals surface area contributed by atoms with Gasteiger partial charge in [-0.15, -0.1) is 0 Å². The number of halogens is 1. The molecule has 166 valence electrons. The minimum absolute atomic E-state index is 0.00985. The quantitative estimate of drug-likeness (QED) is 0.588. The Hall–Kier alpha value is -3.29. The lowest BCUT2D eigenvalue weighted by Gasteiger charge is -2.29. The molecule has 7 nitrogen and oxygen atoms in total. The summed E-state index contributed by atoms with van der Waals surface area (Å²) in [5.74, 6) is 0.976. The first kappa shape index (κ1) is 21.9. The van der Waals surface area contributed by atoms with Crippen molar-refractivity contribution in [1.82, 2.24) is 4.98 Å². The summed E-state index contributed by atoms with van der Waals surface area (Å²) in [4.78, 5) is 19.1. The smallest absolute Gasteiger partial charge is 0.266 e. The highest BCUT2D eigenvalue weighted by atomic mass is 35.5. The second-order valence-electron chi connectivity index (χ2n) is 8.00. The molecule has 4 rings (SSSR count). The summed E-state index contributed by atoms with van der Waals surface area (Å²) in [7, 11) is 1.52. The second-order valence-corrected chi connectivity index (χ2v) is 8.44. The molecule has 8 heteroatoms. The number of hydrogen-bond acceptors (Lipinski definition) is 6. The van der Waals surface area contributed by atoms with Crippen molar-refractivity contribution < 1.29 is 24.1 Å². The largest absolute Gasteiger partial charge is 0.493 e. The number of anilines is 1. The van der Waals surface area contributed by atoms with Crippen molar-refractivity contribution >= 4 is 23.2 Å². The molecule has 1 N–H and O–H groups in total. The number of amides is 1. The van der Waals surface area contributed by atoms with E-state index in [4.69, 9.17) is 25.8 Å². The zero-order valence-corrected chi connectivity index (χ0v) is 18.7. The first-order chi connectivity index (χ1) is 15.2. The maximum absolute atomic E-state index is 13.1. The summed E-state index contributed by atoms with van der Waals surface area (Å²) < 4.78 is 16.9.